The van der Waals surface area contributed by atoms with Gasteiger partial charge in [-0.25, -0.2) is 0 Å². The summed E-state index contributed by atoms with van der Waals surface area (Å²) in [4.78, 5) is 15.7. The topological polar surface area (TPSA) is 91.8 Å². The molecular weight excluding hydrogens is 324 g/mol. The lowest BCUT2D eigenvalue weighted by atomic mass is 10.3. The molecule has 3 aromatic rings. The van der Waals surface area contributed by atoms with E-state index in [1.165, 1.54) is 11.3 Å². The van der Waals surface area contributed by atoms with Crippen LogP contribution in [0.5, 0.6) is 0 Å². The van der Waals surface area contributed by atoms with Gasteiger partial charge in [0.05, 0.1) is 0 Å². The third-order valence-electron chi connectivity index (χ3n) is 3.12. The van der Waals surface area contributed by atoms with Crippen molar-refractivity contribution in [3.63, 3.8) is 0 Å². The van der Waals surface area contributed by atoms with Gasteiger partial charge in [-0.1, -0.05) is 0 Å². The second-order valence-corrected chi connectivity index (χ2v) is 5.64. The van der Waals surface area contributed by atoms with Gasteiger partial charge in [0.2, 0.25) is 0 Å². The fraction of sp³-hybridized carbons (Fsp3) is 0.125. The Morgan fingerprint density at radius 3 is 2.50 bits per heavy atom. The van der Waals surface area contributed by atoms with Crippen molar-refractivity contribution in [1.29, 1.82) is 0 Å². The average Bonchev–Trinajstić information content (AvgIpc) is 3.16. The molecule has 0 radical (unpaired) electrons. The number of nitrogens with one attached hydrogen (secondary N) is 3. The Hall–Kier alpha value is -3.00. The molecule has 3 aromatic heterocycles. The quantitative estimate of drug-likeness (QED) is 0.573. The lowest BCUT2D eigenvalue weighted by Crippen LogP contribution is -2.28. The molecule has 0 bridgehead atoms. The number of carbonyl (C=O) groups excluding carboxylic acids is 1. The van der Waals surface area contributed by atoms with Crippen molar-refractivity contribution in [2.45, 2.75) is 0 Å². The Balaban J connectivity index is 1.42. The number of anilines is 3. The van der Waals surface area contributed by atoms with Crippen molar-refractivity contribution < 1.29 is 4.79 Å². The molecular formula is C16H16N6OS. The third kappa shape index (κ3) is 4.50. The highest BCUT2D eigenvalue weighted by atomic mass is 32.1. The van der Waals surface area contributed by atoms with Crippen molar-refractivity contribution in [3.05, 3.63) is 59.0 Å². The zero-order chi connectivity index (χ0) is 16.6. The highest BCUT2D eigenvalue weighted by Gasteiger charge is 2.04. The fourth-order valence-electron chi connectivity index (χ4n) is 1.94. The summed E-state index contributed by atoms with van der Waals surface area (Å²) in [7, 11) is 0. The average molecular weight is 340 g/mol. The van der Waals surface area contributed by atoms with E-state index in [-0.39, 0.29) is 5.91 Å². The van der Waals surface area contributed by atoms with Gasteiger partial charge in [0, 0.05) is 42.1 Å². The first-order valence-electron chi connectivity index (χ1n) is 7.36. The lowest BCUT2D eigenvalue weighted by Gasteiger charge is -2.08. The minimum Gasteiger partial charge on any atom is -0.367 e. The number of aromatic nitrogens is 3. The Morgan fingerprint density at radius 2 is 1.79 bits per heavy atom. The summed E-state index contributed by atoms with van der Waals surface area (Å²) < 4.78 is 0. The minimum absolute atomic E-state index is 0.0685. The van der Waals surface area contributed by atoms with Gasteiger partial charge in [-0.05, 0) is 35.7 Å². The van der Waals surface area contributed by atoms with Gasteiger partial charge in [-0.2, -0.15) is 11.3 Å². The molecule has 122 valence electrons. The SMILES string of the molecule is O=C(NCCNc1ccc(Nc2ccncc2)nn1)c1ccsc1. The van der Waals surface area contributed by atoms with E-state index in [0.717, 1.165) is 5.69 Å². The predicted octanol–water partition coefficient (Wildman–Crippen LogP) is 2.52. The normalized spacial score (nSPS) is 10.2. The molecule has 0 unspecified atom stereocenters. The molecule has 0 saturated heterocycles. The van der Waals surface area contributed by atoms with E-state index in [9.17, 15) is 4.79 Å². The number of rotatable bonds is 7. The van der Waals surface area contributed by atoms with E-state index in [0.29, 0.717) is 30.3 Å². The summed E-state index contributed by atoms with van der Waals surface area (Å²) in [6.45, 7) is 1.08. The maximum absolute atomic E-state index is 11.8. The van der Waals surface area contributed by atoms with Crippen LogP contribution in [0.25, 0.3) is 0 Å². The lowest BCUT2D eigenvalue weighted by molar-refractivity contribution is 0.0955. The summed E-state index contributed by atoms with van der Waals surface area (Å²) in [5, 5.41) is 21.0. The number of pyridine rings is 1. The molecule has 24 heavy (non-hydrogen) atoms. The van der Waals surface area contributed by atoms with Crippen LogP contribution in [0.3, 0.4) is 0 Å². The Bertz CT molecular complexity index is 761. The number of nitrogens with zero attached hydrogens (tertiary/aromatic N) is 3. The first-order valence-corrected chi connectivity index (χ1v) is 8.30. The van der Waals surface area contributed by atoms with Crippen LogP contribution in [0.4, 0.5) is 17.3 Å². The molecule has 3 N–H and O–H groups in total. The molecule has 3 rings (SSSR count). The molecule has 0 aliphatic heterocycles. The molecule has 0 spiro atoms. The van der Waals surface area contributed by atoms with E-state index in [2.05, 4.69) is 31.1 Å². The second-order valence-electron chi connectivity index (χ2n) is 4.86. The molecule has 8 heteroatoms. The number of amides is 1. The second kappa shape index (κ2) is 8.02. The van der Waals surface area contributed by atoms with Crippen LogP contribution < -0.4 is 16.0 Å². The van der Waals surface area contributed by atoms with Crippen LogP contribution in [-0.2, 0) is 0 Å². The van der Waals surface area contributed by atoms with Crippen LogP contribution >= 0.6 is 11.3 Å². The maximum atomic E-state index is 11.8. The molecule has 0 saturated carbocycles. The number of hydrogen-bond donors (Lipinski definition) is 3. The van der Waals surface area contributed by atoms with Crippen molar-refractivity contribution in [2.75, 3.05) is 23.7 Å². The van der Waals surface area contributed by atoms with Crippen molar-refractivity contribution in [1.82, 2.24) is 20.5 Å². The maximum Gasteiger partial charge on any atom is 0.252 e. The van der Waals surface area contributed by atoms with E-state index < -0.39 is 0 Å². The molecule has 0 aliphatic carbocycles. The monoisotopic (exact) mass is 340 g/mol. The molecule has 0 atom stereocenters. The summed E-state index contributed by atoms with van der Waals surface area (Å²) >= 11 is 1.50. The number of carbonyl (C=O) groups is 1. The first kappa shape index (κ1) is 15.9. The van der Waals surface area contributed by atoms with Gasteiger partial charge in [-0.3, -0.25) is 9.78 Å². The van der Waals surface area contributed by atoms with Gasteiger partial charge in [-0.15, -0.1) is 10.2 Å². The van der Waals surface area contributed by atoms with Crippen LogP contribution in [0.2, 0.25) is 0 Å². The highest BCUT2D eigenvalue weighted by molar-refractivity contribution is 7.08. The van der Waals surface area contributed by atoms with Crippen molar-refractivity contribution in [3.8, 4) is 0 Å². The summed E-state index contributed by atoms with van der Waals surface area (Å²) in [5.41, 5.74) is 1.59. The largest absolute Gasteiger partial charge is 0.367 e. The van der Waals surface area contributed by atoms with Gasteiger partial charge in [0.15, 0.2) is 5.82 Å². The number of hydrogen-bond acceptors (Lipinski definition) is 7. The Labute approximate surface area is 143 Å². The van der Waals surface area contributed by atoms with Crippen LogP contribution in [0.1, 0.15) is 10.4 Å². The van der Waals surface area contributed by atoms with E-state index in [4.69, 9.17) is 0 Å². The van der Waals surface area contributed by atoms with Gasteiger partial charge >= 0.3 is 0 Å². The van der Waals surface area contributed by atoms with Crippen molar-refractivity contribution in [2.24, 2.45) is 0 Å². The third-order valence-corrected chi connectivity index (χ3v) is 3.80. The molecule has 0 aliphatic rings. The standard InChI is InChI=1S/C16H16N6OS/c23-16(12-5-10-24-11-12)19-9-8-18-14-1-2-15(22-21-14)20-13-3-6-17-7-4-13/h1-7,10-11H,8-9H2,(H,18,21)(H,19,23)(H,17,20,22). The highest BCUT2D eigenvalue weighted by Crippen LogP contribution is 2.13. The molecule has 1 amide bonds. The van der Waals surface area contributed by atoms with Crippen molar-refractivity contribution >= 4 is 34.6 Å². The van der Waals surface area contributed by atoms with Crippen LogP contribution in [-0.4, -0.2) is 34.2 Å². The predicted molar refractivity (Wildman–Crippen MR) is 94.7 cm³/mol. The fourth-order valence-corrected chi connectivity index (χ4v) is 2.57. The zero-order valence-corrected chi connectivity index (χ0v) is 13.6. The summed E-state index contributed by atoms with van der Waals surface area (Å²) in [6, 6.07) is 9.17. The van der Waals surface area contributed by atoms with Crippen LogP contribution in [0.15, 0.2) is 53.5 Å². The van der Waals surface area contributed by atoms with E-state index in [1.54, 1.807) is 18.5 Å². The summed E-state index contributed by atoms with van der Waals surface area (Å²) in [5.74, 6) is 1.23. The minimum atomic E-state index is -0.0685. The van der Waals surface area contributed by atoms with E-state index >= 15 is 0 Å². The number of thiophene rings is 1. The first-order chi connectivity index (χ1) is 11.8. The Morgan fingerprint density at radius 1 is 1.00 bits per heavy atom. The zero-order valence-electron chi connectivity index (χ0n) is 12.8. The van der Waals surface area contributed by atoms with Gasteiger partial charge < -0.3 is 16.0 Å². The van der Waals surface area contributed by atoms with Gasteiger partial charge in [0.1, 0.15) is 5.82 Å². The Kier molecular flexibility index (Phi) is 5.31. The van der Waals surface area contributed by atoms with Gasteiger partial charge in [0.25, 0.3) is 5.91 Å². The van der Waals surface area contributed by atoms with E-state index in [1.807, 2.05) is 35.0 Å². The smallest absolute Gasteiger partial charge is 0.252 e. The van der Waals surface area contributed by atoms with Crippen LogP contribution in [0, 0.1) is 0 Å². The molecule has 7 nitrogen and oxygen atoms in total. The summed E-state index contributed by atoms with van der Waals surface area (Å²) in [6.07, 6.45) is 3.41. The molecule has 0 aromatic carbocycles. The molecule has 0 fully saturated rings. The molecule has 3 heterocycles.